The lowest BCUT2D eigenvalue weighted by Crippen LogP contribution is -2.28. The first-order chi connectivity index (χ1) is 8.49. The summed E-state index contributed by atoms with van der Waals surface area (Å²) in [6.45, 7) is 3.14. The molecule has 1 aliphatic heterocycles. The molecule has 1 aromatic rings. The Bertz CT molecular complexity index is 540. The van der Waals surface area contributed by atoms with Gasteiger partial charge in [0, 0.05) is 12.1 Å². The average Bonchev–Trinajstić information content (AvgIpc) is 2.56. The van der Waals surface area contributed by atoms with Crippen molar-refractivity contribution in [3.05, 3.63) is 30.1 Å². The van der Waals surface area contributed by atoms with E-state index in [2.05, 4.69) is 5.10 Å². The molecule has 1 unspecified atom stereocenters. The minimum absolute atomic E-state index is 0.0657. The second-order valence-corrected chi connectivity index (χ2v) is 4.33. The number of amides is 1. The van der Waals surface area contributed by atoms with Crippen molar-refractivity contribution in [2.24, 2.45) is 11.0 Å². The maximum atomic E-state index is 13.1. The van der Waals surface area contributed by atoms with E-state index in [-0.39, 0.29) is 18.1 Å². The number of hydrogen-bond acceptors (Lipinski definition) is 3. The first-order valence-corrected chi connectivity index (χ1v) is 5.63. The van der Waals surface area contributed by atoms with Gasteiger partial charge in [-0.15, -0.1) is 0 Å². The van der Waals surface area contributed by atoms with Crippen LogP contribution in [0.5, 0.6) is 0 Å². The molecule has 1 atom stereocenters. The van der Waals surface area contributed by atoms with Gasteiger partial charge in [-0.05, 0) is 32.0 Å². The Hall–Kier alpha value is -2.04. The molecule has 0 radical (unpaired) electrons. The average molecular weight is 248 g/mol. The van der Waals surface area contributed by atoms with Crippen LogP contribution in [0.1, 0.15) is 20.3 Å². The highest BCUT2D eigenvalue weighted by Crippen LogP contribution is 2.26. The third kappa shape index (κ3) is 2.30. The van der Waals surface area contributed by atoms with Crippen molar-refractivity contribution in [1.29, 1.82) is 0 Å². The Morgan fingerprint density at radius 2 is 2.22 bits per heavy atom. The molecule has 5 heteroatoms. The molecular weight excluding hydrogens is 235 g/mol. The van der Waals surface area contributed by atoms with E-state index in [0.717, 1.165) is 5.01 Å². The van der Waals surface area contributed by atoms with Crippen molar-refractivity contribution in [1.82, 2.24) is 0 Å². The minimum atomic E-state index is -0.522. The van der Waals surface area contributed by atoms with E-state index in [4.69, 9.17) is 0 Å². The van der Waals surface area contributed by atoms with Crippen LogP contribution in [0.3, 0.4) is 0 Å². The van der Waals surface area contributed by atoms with Crippen molar-refractivity contribution in [3.63, 3.8) is 0 Å². The van der Waals surface area contributed by atoms with Crippen molar-refractivity contribution in [2.45, 2.75) is 20.3 Å². The SMILES string of the molecule is CC(=O)CC1C(=O)N(c2cccc(F)c2)N=C1C. The first kappa shape index (κ1) is 12.4. The van der Waals surface area contributed by atoms with Gasteiger partial charge in [0.05, 0.1) is 11.6 Å². The fourth-order valence-electron chi connectivity index (χ4n) is 1.92. The van der Waals surface area contributed by atoms with E-state index in [9.17, 15) is 14.0 Å². The van der Waals surface area contributed by atoms with Gasteiger partial charge in [0.1, 0.15) is 11.6 Å². The normalized spacial score (nSPS) is 19.1. The topological polar surface area (TPSA) is 49.7 Å². The van der Waals surface area contributed by atoms with Gasteiger partial charge in [0.25, 0.3) is 5.91 Å². The van der Waals surface area contributed by atoms with E-state index >= 15 is 0 Å². The highest BCUT2D eigenvalue weighted by Gasteiger charge is 2.35. The molecule has 0 spiro atoms. The number of nitrogens with zero attached hydrogens (tertiary/aromatic N) is 2. The summed E-state index contributed by atoms with van der Waals surface area (Å²) in [4.78, 5) is 23.2. The fourth-order valence-corrected chi connectivity index (χ4v) is 1.92. The van der Waals surface area contributed by atoms with Gasteiger partial charge in [0.2, 0.25) is 0 Å². The zero-order valence-electron chi connectivity index (χ0n) is 10.2. The molecule has 0 saturated carbocycles. The summed E-state index contributed by atoms with van der Waals surface area (Å²) in [6.07, 6.45) is 0.139. The summed E-state index contributed by atoms with van der Waals surface area (Å²) in [5, 5.41) is 5.26. The molecular formula is C13H13FN2O2. The zero-order valence-corrected chi connectivity index (χ0v) is 10.2. The van der Waals surface area contributed by atoms with Crippen molar-refractivity contribution in [2.75, 3.05) is 5.01 Å². The van der Waals surface area contributed by atoms with Crippen LogP contribution in [0.4, 0.5) is 10.1 Å². The van der Waals surface area contributed by atoms with Gasteiger partial charge >= 0.3 is 0 Å². The minimum Gasteiger partial charge on any atom is -0.300 e. The van der Waals surface area contributed by atoms with E-state index in [1.54, 1.807) is 13.0 Å². The Kier molecular flexibility index (Phi) is 3.23. The standard InChI is InChI=1S/C13H13FN2O2/c1-8(17)6-12-9(2)15-16(13(12)18)11-5-3-4-10(14)7-11/h3-5,7,12H,6H2,1-2H3. The van der Waals surface area contributed by atoms with Crippen molar-refractivity contribution < 1.29 is 14.0 Å². The van der Waals surface area contributed by atoms with Crippen LogP contribution in [0.25, 0.3) is 0 Å². The summed E-state index contributed by atoms with van der Waals surface area (Å²) < 4.78 is 13.1. The lowest BCUT2D eigenvalue weighted by atomic mass is 9.98. The molecule has 18 heavy (non-hydrogen) atoms. The van der Waals surface area contributed by atoms with Crippen LogP contribution in [-0.2, 0) is 9.59 Å². The predicted octanol–water partition coefficient (Wildman–Crippen LogP) is 2.14. The number of hydrogen-bond donors (Lipinski definition) is 0. The van der Waals surface area contributed by atoms with E-state index in [1.165, 1.54) is 25.1 Å². The number of halogens is 1. The quantitative estimate of drug-likeness (QED) is 0.822. The largest absolute Gasteiger partial charge is 0.300 e. The highest BCUT2D eigenvalue weighted by molar-refractivity contribution is 6.16. The molecule has 0 aromatic heterocycles. The van der Waals surface area contributed by atoms with E-state index < -0.39 is 11.7 Å². The van der Waals surface area contributed by atoms with Crippen LogP contribution in [0, 0.1) is 11.7 Å². The third-order valence-corrected chi connectivity index (χ3v) is 2.81. The molecule has 1 aromatic carbocycles. The number of ketones is 1. The number of carbonyl (C=O) groups excluding carboxylic acids is 2. The molecule has 4 nitrogen and oxygen atoms in total. The number of anilines is 1. The molecule has 0 N–H and O–H groups in total. The zero-order chi connectivity index (χ0) is 13.3. The number of benzene rings is 1. The van der Waals surface area contributed by atoms with Gasteiger partial charge in [-0.25, -0.2) is 9.40 Å². The van der Waals surface area contributed by atoms with Crippen LogP contribution < -0.4 is 5.01 Å². The van der Waals surface area contributed by atoms with Crippen molar-refractivity contribution in [3.8, 4) is 0 Å². The number of Topliss-reactive ketones (excluding diaryl/α,β-unsaturated/α-hetero) is 1. The van der Waals surface area contributed by atoms with Gasteiger partial charge in [0.15, 0.2) is 0 Å². The summed E-state index contributed by atoms with van der Waals surface area (Å²) >= 11 is 0. The lowest BCUT2D eigenvalue weighted by Gasteiger charge is -2.13. The second kappa shape index (κ2) is 4.68. The fraction of sp³-hybridized carbons (Fsp3) is 0.308. The Labute approximate surface area is 104 Å². The monoisotopic (exact) mass is 248 g/mol. The maximum Gasteiger partial charge on any atom is 0.256 e. The number of rotatable bonds is 3. The predicted molar refractivity (Wildman–Crippen MR) is 65.8 cm³/mol. The van der Waals surface area contributed by atoms with Gasteiger partial charge in [-0.2, -0.15) is 5.10 Å². The molecule has 0 aliphatic carbocycles. The molecule has 0 saturated heterocycles. The Balaban J connectivity index is 2.28. The lowest BCUT2D eigenvalue weighted by molar-refractivity contribution is -0.124. The molecule has 2 rings (SSSR count). The Morgan fingerprint density at radius 3 is 2.83 bits per heavy atom. The summed E-state index contributed by atoms with van der Waals surface area (Å²) in [5.74, 6) is -1.30. The van der Waals surface area contributed by atoms with Crippen LogP contribution in [0.15, 0.2) is 29.4 Å². The maximum absolute atomic E-state index is 13.1. The molecule has 1 amide bonds. The smallest absolute Gasteiger partial charge is 0.256 e. The molecule has 0 bridgehead atoms. The number of hydrazone groups is 1. The van der Waals surface area contributed by atoms with E-state index in [1.807, 2.05) is 0 Å². The number of carbonyl (C=O) groups is 2. The van der Waals surface area contributed by atoms with Crippen molar-refractivity contribution >= 4 is 23.1 Å². The van der Waals surface area contributed by atoms with Gasteiger partial charge < -0.3 is 0 Å². The van der Waals surface area contributed by atoms with Gasteiger partial charge in [-0.1, -0.05) is 6.07 Å². The molecule has 1 aliphatic rings. The first-order valence-electron chi connectivity index (χ1n) is 5.63. The summed E-state index contributed by atoms with van der Waals surface area (Å²) in [5.41, 5.74) is 0.963. The third-order valence-electron chi connectivity index (χ3n) is 2.81. The van der Waals surface area contributed by atoms with Crippen LogP contribution >= 0.6 is 0 Å². The van der Waals surface area contributed by atoms with E-state index in [0.29, 0.717) is 11.4 Å². The summed E-state index contributed by atoms with van der Waals surface area (Å²) in [7, 11) is 0. The van der Waals surface area contributed by atoms with Gasteiger partial charge in [-0.3, -0.25) is 9.59 Å². The summed E-state index contributed by atoms with van der Waals surface area (Å²) in [6, 6.07) is 5.66. The van der Waals surface area contributed by atoms with Crippen LogP contribution in [0.2, 0.25) is 0 Å². The van der Waals surface area contributed by atoms with Crippen LogP contribution in [-0.4, -0.2) is 17.4 Å². The molecule has 1 heterocycles. The molecule has 0 fully saturated rings. The molecule has 94 valence electrons. The highest BCUT2D eigenvalue weighted by atomic mass is 19.1. The Morgan fingerprint density at radius 1 is 1.50 bits per heavy atom. The second-order valence-electron chi connectivity index (χ2n) is 4.33.